The Morgan fingerprint density at radius 3 is 1.54 bits per heavy atom. The van der Waals surface area contributed by atoms with Crippen molar-refractivity contribution in [3.8, 4) is 0 Å². The Kier molecular flexibility index (Phi) is 5.95. The van der Waals surface area contributed by atoms with E-state index >= 15 is 0 Å². The number of anilines is 4. The molecule has 1 aromatic heterocycles. The first kappa shape index (κ1) is 18.0. The molecule has 1 heterocycles. The summed E-state index contributed by atoms with van der Waals surface area (Å²) in [6, 6.07) is 8.83. The van der Waals surface area contributed by atoms with Crippen molar-refractivity contribution >= 4 is 23.5 Å². The van der Waals surface area contributed by atoms with Crippen LogP contribution in [0, 0.1) is 0 Å². The largest absolute Gasteiger partial charge is 0.352 e. The molecule has 3 N–H and O–H groups in total. The third-order valence-electron chi connectivity index (χ3n) is 3.30. The van der Waals surface area contributed by atoms with Crippen molar-refractivity contribution < 1.29 is 0 Å². The zero-order valence-electron chi connectivity index (χ0n) is 15.4. The number of nitrogens with zero attached hydrogens (tertiary/aromatic N) is 3. The smallest absolute Gasteiger partial charge is 0.233 e. The molecule has 0 spiro atoms. The van der Waals surface area contributed by atoms with Crippen LogP contribution < -0.4 is 16.0 Å². The van der Waals surface area contributed by atoms with Crippen LogP contribution in [-0.2, 0) is 0 Å². The summed E-state index contributed by atoms with van der Waals surface area (Å²) in [5.41, 5.74) is 2.26. The van der Waals surface area contributed by atoms with Gasteiger partial charge in [-0.05, 0) is 51.3 Å². The number of hydrogen-bond acceptors (Lipinski definition) is 6. The average Bonchev–Trinajstić information content (AvgIpc) is 2.46. The normalized spacial score (nSPS) is 11.2. The van der Waals surface area contributed by atoms with E-state index in [9.17, 15) is 0 Å². The highest BCUT2D eigenvalue weighted by molar-refractivity contribution is 5.56. The highest BCUT2D eigenvalue weighted by Crippen LogP contribution is 2.20. The van der Waals surface area contributed by atoms with Gasteiger partial charge in [0.25, 0.3) is 0 Å². The first-order valence-corrected chi connectivity index (χ1v) is 8.49. The van der Waals surface area contributed by atoms with E-state index in [1.807, 2.05) is 12.1 Å². The fourth-order valence-electron chi connectivity index (χ4n) is 2.16. The lowest BCUT2D eigenvalue weighted by atomic mass is 10.0. The van der Waals surface area contributed by atoms with Gasteiger partial charge in [0, 0.05) is 17.8 Å². The Labute approximate surface area is 144 Å². The molecule has 0 atom stereocenters. The number of aromatic nitrogens is 3. The Hall–Kier alpha value is -2.37. The fourth-order valence-corrected chi connectivity index (χ4v) is 2.16. The van der Waals surface area contributed by atoms with Crippen LogP contribution >= 0.6 is 0 Å². The molecule has 0 aliphatic rings. The molecule has 0 aliphatic carbocycles. The first-order chi connectivity index (χ1) is 11.3. The Morgan fingerprint density at radius 1 is 0.667 bits per heavy atom. The molecule has 6 nitrogen and oxygen atoms in total. The molecule has 6 heteroatoms. The SMILES string of the molecule is CC(C)Nc1nc(Nc2ccc(C(C)C)cc2)nc(NC(C)C)n1. The van der Waals surface area contributed by atoms with Crippen molar-refractivity contribution in [3.63, 3.8) is 0 Å². The quantitative estimate of drug-likeness (QED) is 0.700. The van der Waals surface area contributed by atoms with Crippen molar-refractivity contribution in [2.24, 2.45) is 0 Å². The summed E-state index contributed by atoms with van der Waals surface area (Å²) in [7, 11) is 0. The van der Waals surface area contributed by atoms with Crippen molar-refractivity contribution in [3.05, 3.63) is 29.8 Å². The number of benzene rings is 1. The third-order valence-corrected chi connectivity index (χ3v) is 3.30. The Bertz CT molecular complexity index is 621. The molecule has 2 rings (SSSR count). The van der Waals surface area contributed by atoms with Gasteiger partial charge < -0.3 is 16.0 Å². The second kappa shape index (κ2) is 7.95. The number of hydrogen-bond donors (Lipinski definition) is 3. The summed E-state index contributed by atoms with van der Waals surface area (Å²) in [5.74, 6) is 2.16. The van der Waals surface area contributed by atoms with Crippen LogP contribution in [0.4, 0.5) is 23.5 Å². The lowest BCUT2D eigenvalue weighted by Gasteiger charge is -2.14. The van der Waals surface area contributed by atoms with Crippen molar-refractivity contribution in [2.75, 3.05) is 16.0 Å². The molecule has 0 bridgehead atoms. The zero-order valence-corrected chi connectivity index (χ0v) is 15.4. The van der Waals surface area contributed by atoms with Gasteiger partial charge in [0.15, 0.2) is 0 Å². The molecular formula is C18H28N6. The number of nitrogens with one attached hydrogen (secondary N) is 3. The highest BCUT2D eigenvalue weighted by atomic mass is 15.3. The Morgan fingerprint density at radius 2 is 1.12 bits per heavy atom. The molecule has 1 aromatic carbocycles. The van der Waals surface area contributed by atoms with Gasteiger partial charge in [-0.2, -0.15) is 15.0 Å². The van der Waals surface area contributed by atoms with E-state index in [-0.39, 0.29) is 12.1 Å². The third kappa shape index (κ3) is 5.37. The molecule has 0 amide bonds. The van der Waals surface area contributed by atoms with Gasteiger partial charge in [0.1, 0.15) is 0 Å². The second-order valence-corrected chi connectivity index (χ2v) is 6.81. The second-order valence-electron chi connectivity index (χ2n) is 6.81. The first-order valence-electron chi connectivity index (χ1n) is 8.49. The van der Waals surface area contributed by atoms with Crippen LogP contribution in [0.5, 0.6) is 0 Å². The Balaban J connectivity index is 2.23. The predicted molar refractivity (Wildman–Crippen MR) is 101 cm³/mol. The van der Waals surface area contributed by atoms with E-state index in [2.05, 4.69) is 84.6 Å². The maximum atomic E-state index is 4.45. The molecule has 0 unspecified atom stereocenters. The minimum absolute atomic E-state index is 0.248. The van der Waals surface area contributed by atoms with Crippen molar-refractivity contribution in [1.82, 2.24) is 15.0 Å². The van der Waals surface area contributed by atoms with Gasteiger partial charge in [-0.15, -0.1) is 0 Å². The zero-order chi connectivity index (χ0) is 17.7. The van der Waals surface area contributed by atoms with Crippen molar-refractivity contribution in [2.45, 2.75) is 59.5 Å². The summed E-state index contributed by atoms with van der Waals surface area (Å²) in [6.07, 6.45) is 0. The molecule has 130 valence electrons. The highest BCUT2D eigenvalue weighted by Gasteiger charge is 2.09. The summed E-state index contributed by atoms with van der Waals surface area (Å²) >= 11 is 0. The topological polar surface area (TPSA) is 74.8 Å². The van der Waals surface area contributed by atoms with Crippen LogP contribution in [0.1, 0.15) is 53.0 Å². The van der Waals surface area contributed by atoms with E-state index in [1.54, 1.807) is 0 Å². The monoisotopic (exact) mass is 328 g/mol. The van der Waals surface area contributed by atoms with Crippen LogP contribution in [-0.4, -0.2) is 27.0 Å². The maximum Gasteiger partial charge on any atom is 0.233 e. The summed E-state index contributed by atoms with van der Waals surface area (Å²) < 4.78 is 0. The fraction of sp³-hybridized carbons (Fsp3) is 0.500. The van der Waals surface area contributed by atoms with Gasteiger partial charge in [-0.1, -0.05) is 26.0 Å². The molecular weight excluding hydrogens is 300 g/mol. The van der Waals surface area contributed by atoms with Crippen LogP contribution in [0.2, 0.25) is 0 Å². The summed E-state index contributed by atoms with van der Waals surface area (Å²) in [4.78, 5) is 13.3. The van der Waals surface area contributed by atoms with Crippen LogP contribution in [0.15, 0.2) is 24.3 Å². The van der Waals surface area contributed by atoms with E-state index in [1.165, 1.54) is 5.56 Å². The van der Waals surface area contributed by atoms with Gasteiger partial charge in [0.05, 0.1) is 0 Å². The van der Waals surface area contributed by atoms with Crippen LogP contribution in [0.25, 0.3) is 0 Å². The minimum atomic E-state index is 0.248. The van der Waals surface area contributed by atoms with E-state index in [0.29, 0.717) is 23.8 Å². The molecule has 0 aliphatic heterocycles. The number of rotatable bonds is 7. The standard InChI is InChI=1S/C18H28N6/c1-11(2)14-7-9-15(10-8-14)21-18-23-16(19-12(3)4)22-17(24-18)20-13(5)6/h7-13H,1-6H3,(H3,19,20,21,22,23,24). The lowest BCUT2D eigenvalue weighted by molar-refractivity contribution is 0.847. The molecule has 0 fully saturated rings. The minimum Gasteiger partial charge on any atom is -0.352 e. The molecule has 0 radical (unpaired) electrons. The van der Waals surface area contributed by atoms with E-state index in [4.69, 9.17) is 0 Å². The molecule has 0 saturated heterocycles. The van der Waals surface area contributed by atoms with E-state index in [0.717, 1.165) is 5.69 Å². The summed E-state index contributed by atoms with van der Waals surface area (Å²) in [6.45, 7) is 12.6. The van der Waals surface area contributed by atoms with Gasteiger partial charge in [-0.25, -0.2) is 0 Å². The lowest BCUT2D eigenvalue weighted by Crippen LogP contribution is -2.18. The maximum absolute atomic E-state index is 4.45. The van der Waals surface area contributed by atoms with E-state index < -0.39 is 0 Å². The van der Waals surface area contributed by atoms with Gasteiger partial charge in [-0.3, -0.25) is 0 Å². The molecule has 2 aromatic rings. The average molecular weight is 328 g/mol. The predicted octanol–water partition coefficient (Wildman–Crippen LogP) is 4.38. The van der Waals surface area contributed by atoms with Crippen molar-refractivity contribution in [1.29, 1.82) is 0 Å². The molecule has 24 heavy (non-hydrogen) atoms. The van der Waals surface area contributed by atoms with Gasteiger partial charge >= 0.3 is 0 Å². The molecule has 0 saturated carbocycles. The summed E-state index contributed by atoms with van der Waals surface area (Å²) in [5, 5.41) is 9.71. The van der Waals surface area contributed by atoms with Crippen LogP contribution in [0.3, 0.4) is 0 Å². The van der Waals surface area contributed by atoms with Gasteiger partial charge in [0.2, 0.25) is 17.8 Å².